The minimum absolute atomic E-state index is 0.0339. The maximum atomic E-state index is 12.8. The molecule has 0 saturated heterocycles. The molecule has 9 nitrogen and oxygen atoms in total. The maximum absolute atomic E-state index is 12.8. The number of carbonyl (C=O) groups is 2. The van der Waals surface area contributed by atoms with Crippen LogP contribution in [0, 0.1) is 0 Å². The topological polar surface area (TPSA) is 111 Å². The molecule has 0 aromatic heterocycles. The predicted octanol–water partition coefficient (Wildman–Crippen LogP) is 22.8. The molecule has 0 aliphatic rings. The van der Waals surface area contributed by atoms with E-state index in [1.807, 2.05) is 21.1 Å². The second-order valence-electron chi connectivity index (χ2n) is 25.6. The van der Waals surface area contributed by atoms with E-state index in [0.29, 0.717) is 17.4 Å². The van der Waals surface area contributed by atoms with Crippen LogP contribution in [0.3, 0.4) is 0 Å². The summed E-state index contributed by atoms with van der Waals surface area (Å²) in [5.41, 5.74) is 0. The number of nitrogens with zero attached hydrogens (tertiary/aromatic N) is 1. The first kappa shape index (κ1) is 81.7. The molecule has 0 saturated carbocycles. The third kappa shape index (κ3) is 68.8. The first-order valence-electron chi connectivity index (χ1n) is 36.0. The van der Waals surface area contributed by atoms with Crippen LogP contribution in [-0.2, 0) is 32.7 Å². The van der Waals surface area contributed by atoms with Gasteiger partial charge in [-0.3, -0.25) is 14.2 Å². The molecule has 0 aliphatic carbocycles. The first-order valence-corrected chi connectivity index (χ1v) is 37.5. The lowest BCUT2D eigenvalue weighted by Gasteiger charge is -2.28. The Balaban J connectivity index is 3.95. The molecule has 0 bridgehead atoms. The third-order valence-corrected chi connectivity index (χ3v) is 17.0. The van der Waals surface area contributed by atoms with Crippen molar-refractivity contribution in [1.29, 1.82) is 0 Å². The van der Waals surface area contributed by atoms with Crippen molar-refractivity contribution in [2.24, 2.45) is 0 Å². The Kier molecular flexibility index (Phi) is 63.4. The smallest absolute Gasteiger partial charge is 0.306 e. The number of phosphoric ester groups is 1. The summed E-state index contributed by atoms with van der Waals surface area (Å²) < 4.78 is 34.3. The SMILES string of the molecule is CC/C=C\C/C=C\C/C=C\C/C=C\C/C=C\CCCCCCCCCC(=O)OC(COC(=O)CCCCCCCCCCCCCCCCCCCCCCCCCCCCCCCCCCCCCCC)COP(=O)([O-])OCC[N+](C)(C)C. The standard InChI is InChI=1S/C74H138NO8P/c1-6-8-10-12-14-16-18-20-22-24-26-28-30-31-32-33-34-35-36-37-38-39-40-41-42-43-45-46-48-50-52-54-56-58-60-62-64-66-73(76)80-70-72(71-82-84(78,79)81-69-68-75(3,4)5)83-74(77)67-65-63-61-59-57-55-53-51-49-47-44-29-27-25-23-21-19-17-15-13-11-9-7-2/h9,11,15,17,21,23,27,29,47,49,72H,6-8,10,12-14,16,18-20,22,24-26,28,30-46,48,50-71H2,1-5H3/b11-9-,17-15-,23-21-,29-27-,49-47-. The average Bonchev–Trinajstić information content (AvgIpc) is 3.61. The van der Waals surface area contributed by atoms with Gasteiger partial charge in [0.1, 0.15) is 19.8 Å². The highest BCUT2D eigenvalue weighted by atomic mass is 31.2. The summed E-state index contributed by atoms with van der Waals surface area (Å²) in [5, 5.41) is 0. The van der Waals surface area contributed by atoms with Crippen LogP contribution in [0.2, 0.25) is 0 Å². The summed E-state index contributed by atoms with van der Waals surface area (Å²) in [6, 6.07) is 0. The number of esters is 2. The van der Waals surface area contributed by atoms with Crippen LogP contribution >= 0.6 is 7.82 Å². The lowest BCUT2D eigenvalue weighted by molar-refractivity contribution is -0.870. The summed E-state index contributed by atoms with van der Waals surface area (Å²) in [6.45, 7) is 4.16. The van der Waals surface area contributed by atoms with Crippen molar-refractivity contribution in [2.75, 3.05) is 47.5 Å². The second-order valence-corrected chi connectivity index (χ2v) is 27.0. The van der Waals surface area contributed by atoms with Crippen molar-refractivity contribution >= 4 is 19.8 Å². The maximum Gasteiger partial charge on any atom is 0.306 e. The van der Waals surface area contributed by atoms with Gasteiger partial charge in [0.15, 0.2) is 6.10 Å². The van der Waals surface area contributed by atoms with Crippen LogP contribution in [0.5, 0.6) is 0 Å². The Labute approximate surface area is 521 Å². The van der Waals surface area contributed by atoms with E-state index < -0.39 is 26.5 Å². The van der Waals surface area contributed by atoms with E-state index in [4.69, 9.17) is 18.5 Å². The molecule has 0 aromatic rings. The van der Waals surface area contributed by atoms with E-state index in [1.165, 1.54) is 238 Å². The van der Waals surface area contributed by atoms with Gasteiger partial charge in [-0.15, -0.1) is 0 Å². The Bertz CT molecular complexity index is 1600. The van der Waals surface area contributed by atoms with E-state index in [0.717, 1.165) is 77.0 Å². The van der Waals surface area contributed by atoms with Gasteiger partial charge in [-0.25, -0.2) is 0 Å². The molecule has 0 fully saturated rings. The molecular formula is C74H138NO8P. The molecule has 0 heterocycles. The fourth-order valence-corrected chi connectivity index (χ4v) is 11.3. The molecule has 0 rings (SSSR count). The zero-order valence-electron chi connectivity index (χ0n) is 56.1. The third-order valence-electron chi connectivity index (χ3n) is 16.1. The molecule has 10 heteroatoms. The summed E-state index contributed by atoms with van der Waals surface area (Å²) in [7, 11) is 1.17. The molecule has 84 heavy (non-hydrogen) atoms. The summed E-state index contributed by atoms with van der Waals surface area (Å²) in [4.78, 5) is 38.0. The Morgan fingerprint density at radius 2 is 0.679 bits per heavy atom. The molecular weight excluding hydrogens is 1060 g/mol. The molecule has 2 atom stereocenters. The number of ether oxygens (including phenoxy) is 2. The quantitative estimate of drug-likeness (QED) is 0.0195. The molecule has 0 amide bonds. The zero-order chi connectivity index (χ0) is 61.2. The van der Waals surface area contributed by atoms with Crippen molar-refractivity contribution in [2.45, 2.75) is 354 Å². The largest absolute Gasteiger partial charge is 0.756 e. The van der Waals surface area contributed by atoms with Gasteiger partial charge < -0.3 is 27.9 Å². The molecule has 2 unspecified atom stereocenters. The van der Waals surface area contributed by atoms with Gasteiger partial charge in [-0.05, 0) is 57.8 Å². The van der Waals surface area contributed by atoms with Crippen molar-refractivity contribution in [3.05, 3.63) is 60.8 Å². The van der Waals surface area contributed by atoms with Gasteiger partial charge in [0, 0.05) is 12.8 Å². The highest BCUT2D eigenvalue weighted by Crippen LogP contribution is 2.38. The van der Waals surface area contributed by atoms with Crippen LogP contribution < -0.4 is 4.89 Å². The highest BCUT2D eigenvalue weighted by Gasteiger charge is 2.22. The normalized spacial score (nSPS) is 13.5. The van der Waals surface area contributed by atoms with Gasteiger partial charge in [-0.1, -0.05) is 338 Å². The minimum Gasteiger partial charge on any atom is -0.756 e. The van der Waals surface area contributed by atoms with Crippen LogP contribution in [0.1, 0.15) is 348 Å². The van der Waals surface area contributed by atoms with Crippen LogP contribution in [-0.4, -0.2) is 70.0 Å². The second kappa shape index (κ2) is 65.2. The number of hydrogen-bond acceptors (Lipinski definition) is 8. The van der Waals surface area contributed by atoms with E-state index in [-0.39, 0.29) is 32.0 Å². The van der Waals surface area contributed by atoms with Gasteiger partial charge >= 0.3 is 11.9 Å². The van der Waals surface area contributed by atoms with E-state index in [9.17, 15) is 19.0 Å². The number of phosphoric acid groups is 1. The van der Waals surface area contributed by atoms with Gasteiger partial charge in [0.2, 0.25) is 0 Å². The Morgan fingerprint density at radius 1 is 0.381 bits per heavy atom. The molecule has 0 aromatic carbocycles. The van der Waals surface area contributed by atoms with Gasteiger partial charge in [-0.2, -0.15) is 0 Å². The van der Waals surface area contributed by atoms with Crippen LogP contribution in [0.15, 0.2) is 60.8 Å². The van der Waals surface area contributed by atoms with Crippen molar-refractivity contribution in [1.82, 2.24) is 0 Å². The van der Waals surface area contributed by atoms with Crippen molar-refractivity contribution < 1.29 is 42.1 Å². The van der Waals surface area contributed by atoms with E-state index in [1.54, 1.807) is 0 Å². The van der Waals surface area contributed by atoms with E-state index >= 15 is 0 Å². The number of carbonyl (C=O) groups excluding carboxylic acids is 2. The summed E-state index contributed by atoms with van der Waals surface area (Å²) >= 11 is 0. The van der Waals surface area contributed by atoms with Gasteiger partial charge in [0.25, 0.3) is 7.82 Å². The van der Waals surface area contributed by atoms with Gasteiger partial charge in [0.05, 0.1) is 27.7 Å². The van der Waals surface area contributed by atoms with Crippen LogP contribution in [0.4, 0.5) is 0 Å². The fraction of sp³-hybridized carbons (Fsp3) is 0.838. The fourth-order valence-electron chi connectivity index (χ4n) is 10.6. The number of rotatable bonds is 67. The lowest BCUT2D eigenvalue weighted by atomic mass is 10.0. The predicted molar refractivity (Wildman–Crippen MR) is 360 cm³/mol. The summed E-state index contributed by atoms with van der Waals surface area (Å²) in [6.07, 6.45) is 86.1. The summed E-state index contributed by atoms with van der Waals surface area (Å²) in [5.74, 6) is -0.833. The molecule has 0 spiro atoms. The number of unbranched alkanes of at least 4 members (excludes halogenated alkanes) is 43. The van der Waals surface area contributed by atoms with Crippen molar-refractivity contribution in [3.8, 4) is 0 Å². The molecule has 492 valence electrons. The zero-order valence-corrected chi connectivity index (χ0v) is 57.0. The first-order chi connectivity index (χ1) is 41.0. The van der Waals surface area contributed by atoms with Crippen molar-refractivity contribution in [3.63, 3.8) is 0 Å². The lowest BCUT2D eigenvalue weighted by Crippen LogP contribution is -2.37. The number of hydrogen-bond donors (Lipinski definition) is 0. The van der Waals surface area contributed by atoms with E-state index in [2.05, 4.69) is 74.6 Å². The molecule has 0 N–H and O–H groups in total. The number of quaternary nitrogens is 1. The Morgan fingerprint density at radius 3 is 1.01 bits per heavy atom. The Hall–Kier alpha value is -2.29. The molecule has 0 aliphatic heterocycles. The number of allylic oxidation sites excluding steroid dienone is 10. The highest BCUT2D eigenvalue weighted by molar-refractivity contribution is 7.45. The minimum atomic E-state index is -4.65. The monoisotopic (exact) mass is 1200 g/mol. The number of likely N-dealkylation sites (N-methyl/N-ethyl adjacent to an activating group) is 1. The van der Waals surface area contributed by atoms with Crippen LogP contribution in [0.25, 0.3) is 0 Å². The average molecular weight is 1200 g/mol. The molecule has 0 radical (unpaired) electrons.